The topological polar surface area (TPSA) is 212 Å². The predicted octanol–water partition coefficient (Wildman–Crippen LogP) is 6.87. The van der Waals surface area contributed by atoms with E-state index in [0.717, 1.165) is 16.6 Å². The van der Waals surface area contributed by atoms with E-state index in [1.54, 1.807) is 67.5 Å². The lowest BCUT2D eigenvalue weighted by Gasteiger charge is -2.29. The van der Waals surface area contributed by atoms with E-state index in [1.165, 1.54) is 0 Å². The van der Waals surface area contributed by atoms with Crippen LogP contribution in [0, 0.1) is 10.8 Å². The average Bonchev–Trinajstić information content (AvgIpc) is 4.00. The summed E-state index contributed by atoms with van der Waals surface area (Å²) >= 11 is 0. The molecular formula is C44H47N9O7. The summed E-state index contributed by atoms with van der Waals surface area (Å²) in [7, 11) is 6.56. The smallest absolute Gasteiger partial charge is 0.145 e. The molecule has 16 nitrogen and oxygen atoms in total. The lowest BCUT2D eigenvalue weighted by atomic mass is 10.1. The number of aromatic amines is 2. The van der Waals surface area contributed by atoms with Crippen LogP contribution in [0.25, 0.3) is 33.2 Å². The first-order valence-electron chi connectivity index (χ1n) is 19.5. The van der Waals surface area contributed by atoms with E-state index in [-0.39, 0.29) is 42.1 Å². The molecule has 0 bridgehead atoms. The van der Waals surface area contributed by atoms with Crippen LogP contribution < -0.4 is 28.7 Å². The molecule has 0 spiro atoms. The summed E-state index contributed by atoms with van der Waals surface area (Å²) < 4.78 is 23.1. The number of aliphatic hydroxyl groups excluding tert-OH is 3. The largest absolute Gasteiger partial charge is 0.509 e. The number of rotatable bonds is 16. The highest BCUT2D eigenvalue weighted by Crippen LogP contribution is 2.41. The van der Waals surface area contributed by atoms with E-state index in [9.17, 15) is 26.1 Å². The van der Waals surface area contributed by atoms with Crippen molar-refractivity contribution in [2.75, 3.05) is 58.1 Å². The first kappa shape index (κ1) is 39.8. The van der Waals surface area contributed by atoms with Crippen molar-refractivity contribution in [2.24, 2.45) is 0 Å². The van der Waals surface area contributed by atoms with Crippen molar-refractivity contribution >= 4 is 56.3 Å². The molecule has 2 unspecified atom stereocenters. The van der Waals surface area contributed by atoms with Gasteiger partial charge in [-0.05, 0) is 50.6 Å². The Kier molecular flexibility index (Phi) is 11.1. The van der Waals surface area contributed by atoms with E-state index in [4.69, 9.17) is 23.9 Å². The summed E-state index contributed by atoms with van der Waals surface area (Å²) in [4.78, 5) is 21.3. The molecule has 0 radical (unpaired) electrons. The molecule has 0 aliphatic carbocycles. The number of hydrogen-bond donors (Lipinski definition) is 7. The number of anilines is 2. The van der Waals surface area contributed by atoms with E-state index >= 15 is 0 Å². The molecule has 2 aromatic heterocycles. The van der Waals surface area contributed by atoms with Gasteiger partial charge in [-0.25, -0.2) is 9.97 Å². The molecule has 16 heteroatoms. The van der Waals surface area contributed by atoms with Gasteiger partial charge in [-0.2, -0.15) is 0 Å². The van der Waals surface area contributed by atoms with Crippen LogP contribution in [0.3, 0.4) is 0 Å². The Labute approximate surface area is 345 Å². The summed E-state index contributed by atoms with van der Waals surface area (Å²) in [6.07, 6.45) is 1.17. The summed E-state index contributed by atoms with van der Waals surface area (Å²) in [5, 5.41) is 51.9. The molecule has 310 valence electrons. The van der Waals surface area contributed by atoms with E-state index in [2.05, 4.69) is 15.0 Å². The van der Waals surface area contributed by atoms with Crippen LogP contribution in [0.1, 0.15) is 30.9 Å². The molecule has 0 saturated carbocycles. The third-order valence-corrected chi connectivity index (χ3v) is 10.8. The fourth-order valence-electron chi connectivity index (χ4n) is 7.84. The normalized spacial score (nSPS) is 17.0. The number of ether oxygens (including phenoxy) is 4. The number of amidine groups is 2. The second-order valence-corrected chi connectivity index (χ2v) is 14.6. The third-order valence-electron chi connectivity index (χ3n) is 10.8. The number of H-pyrrole nitrogens is 2. The molecule has 60 heavy (non-hydrogen) atoms. The molecule has 6 aromatic rings. The Hall–Kier alpha value is -7.04. The van der Waals surface area contributed by atoms with Gasteiger partial charge in [0.2, 0.25) is 0 Å². The average molecular weight is 814 g/mol. The quantitative estimate of drug-likeness (QED) is 0.0499. The fraction of sp³-hybridized carbons (Fsp3) is 0.273. The van der Waals surface area contributed by atoms with E-state index in [0.29, 0.717) is 82.9 Å². The molecule has 4 heterocycles. The Morgan fingerprint density at radius 3 is 1.58 bits per heavy atom. The van der Waals surface area contributed by atoms with Gasteiger partial charge in [0.05, 0.1) is 78.0 Å². The zero-order valence-corrected chi connectivity index (χ0v) is 33.7. The monoisotopic (exact) mass is 813 g/mol. The highest BCUT2D eigenvalue weighted by molar-refractivity contribution is 6.31. The molecule has 0 saturated heterocycles. The highest BCUT2D eigenvalue weighted by atomic mass is 16.5. The minimum Gasteiger partial charge on any atom is -0.509 e. The van der Waals surface area contributed by atoms with Crippen molar-refractivity contribution in [3.8, 4) is 23.0 Å². The number of hydrogen-bond acceptors (Lipinski definition) is 12. The van der Waals surface area contributed by atoms with Crippen LogP contribution in [0.4, 0.5) is 11.4 Å². The van der Waals surface area contributed by atoms with Gasteiger partial charge in [0.15, 0.2) is 0 Å². The van der Waals surface area contributed by atoms with Crippen molar-refractivity contribution in [3.05, 3.63) is 108 Å². The van der Waals surface area contributed by atoms with Crippen LogP contribution in [-0.2, 0) is 0 Å². The minimum atomic E-state index is -0.640. The number of nitrogens with one attached hydrogen (secondary N) is 4. The van der Waals surface area contributed by atoms with Gasteiger partial charge in [0.25, 0.3) is 0 Å². The van der Waals surface area contributed by atoms with Gasteiger partial charge in [0.1, 0.15) is 64.6 Å². The summed E-state index contributed by atoms with van der Waals surface area (Å²) in [5.74, 6) is 2.90. The number of aliphatic hydroxyl groups is 3. The van der Waals surface area contributed by atoms with Gasteiger partial charge < -0.3 is 54.0 Å². The van der Waals surface area contributed by atoms with Crippen molar-refractivity contribution in [2.45, 2.75) is 31.3 Å². The number of fused-ring (bicyclic) bond motifs is 2. The zero-order chi connectivity index (χ0) is 42.1. The Morgan fingerprint density at radius 1 is 0.667 bits per heavy atom. The number of nitrogens with zero attached hydrogens (tertiary/aromatic N) is 5. The molecular weight excluding hydrogens is 767 g/mol. The van der Waals surface area contributed by atoms with E-state index < -0.39 is 12.1 Å². The molecule has 7 N–H and O–H groups in total. The van der Waals surface area contributed by atoms with Gasteiger partial charge in [-0.3, -0.25) is 15.7 Å². The zero-order valence-electron chi connectivity index (χ0n) is 33.7. The van der Waals surface area contributed by atoms with Crippen LogP contribution in [0.5, 0.6) is 23.0 Å². The fourth-order valence-corrected chi connectivity index (χ4v) is 7.84. The Balaban J connectivity index is 1.03. The third kappa shape index (κ3) is 7.42. The molecule has 0 amide bonds. The molecule has 0 fully saturated rings. The van der Waals surface area contributed by atoms with Gasteiger partial charge >= 0.3 is 0 Å². The van der Waals surface area contributed by atoms with Gasteiger partial charge in [-0.15, -0.1) is 0 Å². The lowest BCUT2D eigenvalue weighted by molar-refractivity contribution is 0.148. The number of aromatic nitrogens is 4. The summed E-state index contributed by atoms with van der Waals surface area (Å²) in [5.41, 5.74) is 4.75. The molecule has 8 rings (SSSR count). The van der Waals surface area contributed by atoms with Gasteiger partial charge in [0, 0.05) is 49.5 Å². The van der Waals surface area contributed by atoms with Crippen molar-refractivity contribution in [1.29, 1.82) is 10.8 Å². The number of benzene rings is 4. The second-order valence-electron chi connectivity index (χ2n) is 14.6. The maximum Gasteiger partial charge on any atom is 0.145 e. The number of para-hydroxylation sites is 4. The Morgan fingerprint density at radius 2 is 1.12 bits per heavy atom. The summed E-state index contributed by atoms with van der Waals surface area (Å²) in [6, 6.07) is 24.5. The molecule has 4 aromatic carbocycles. The maximum absolute atomic E-state index is 11.9. The second kappa shape index (κ2) is 16.7. The molecule has 2 aliphatic heterocycles. The van der Waals surface area contributed by atoms with Crippen molar-refractivity contribution in [1.82, 2.24) is 24.8 Å². The Bertz CT molecular complexity index is 2560. The van der Waals surface area contributed by atoms with Crippen LogP contribution in [0.2, 0.25) is 0 Å². The summed E-state index contributed by atoms with van der Waals surface area (Å²) in [6.45, 7) is 0.512. The SMILES string of the molecule is COc1cc(OCN(C)CCC2C(O)=C(c3nc4ccccc4[nH]3)C(=N)N2c2cc(OC)cc(OC)c2)cc(N2C(=N)C(c3nc4ccccc4[nH]3)=C(O)C2CCCO)c1. The molecule has 2 atom stereocenters. The first-order valence-corrected chi connectivity index (χ1v) is 19.5. The standard InChI is InChI=1S/C44H47N9O7/c1-51(16-15-36-40(56)38(44-49-33-12-7-8-13-34(33)50-44)42(46)53(36)25-18-27(57-2)22-28(19-25)58-3)24-60-30-21-26(20-29(23-30)59-4)52-35(14-9-17-54)39(55)37(41(52)45)43-47-31-10-5-6-11-32(31)48-43/h5-8,10-13,18-23,35-36,45-46,54-56H,9,14-17,24H2,1-4H3,(H,47,48)(H,49,50). The molecule has 2 aliphatic rings. The van der Waals surface area contributed by atoms with Crippen molar-refractivity contribution in [3.63, 3.8) is 0 Å². The van der Waals surface area contributed by atoms with Crippen LogP contribution >= 0.6 is 0 Å². The van der Waals surface area contributed by atoms with Crippen LogP contribution in [-0.4, -0.2) is 112 Å². The predicted molar refractivity (Wildman–Crippen MR) is 231 cm³/mol. The number of methoxy groups -OCH3 is 3. The van der Waals surface area contributed by atoms with E-state index in [1.807, 2.05) is 60.5 Å². The highest BCUT2D eigenvalue weighted by Gasteiger charge is 2.41. The maximum atomic E-state index is 11.9. The van der Waals surface area contributed by atoms with Gasteiger partial charge in [-0.1, -0.05) is 24.3 Å². The minimum absolute atomic E-state index is 0.00953. The lowest BCUT2D eigenvalue weighted by Crippen LogP contribution is -2.38. The number of imidazole rings is 2. The van der Waals surface area contributed by atoms with Crippen LogP contribution in [0.15, 0.2) is 96.4 Å². The first-order chi connectivity index (χ1) is 29.1. The van der Waals surface area contributed by atoms with Crippen molar-refractivity contribution < 1.29 is 34.3 Å².